The molecular weight excluding hydrogens is 256 g/mol. The van der Waals surface area contributed by atoms with Crippen LogP contribution >= 0.6 is 11.6 Å². The Morgan fingerprint density at radius 2 is 2.28 bits per heavy atom. The highest BCUT2D eigenvalue weighted by Gasteiger charge is 2.12. The van der Waals surface area contributed by atoms with Gasteiger partial charge in [-0.05, 0) is 18.2 Å². The van der Waals surface area contributed by atoms with Gasteiger partial charge in [0, 0.05) is 12.1 Å². The number of halogens is 1. The van der Waals surface area contributed by atoms with Crippen LogP contribution in [0.15, 0.2) is 35.1 Å². The number of amides is 1. The van der Waals surface area contributed by atoms with Crippen molar-refractivity contribution < 1.29 is 9.21 Å². The number of pyridine rings is 1. The summed E-state index contributed by atoms with van der Waals surface area (Å²) in [6.45, 7) is 0.341. The Bertz CT molecular complexity index is 542. The quantitative estimate of drug-likeness (QED) is 0.577. The van der Waals surface area contributed by atoms with E-state index in [4.69, 9.17) is 21.9 Å². The normalized spacial score (nSPS) is 10.1. The number of furan rings is 1. The molecule has 0 fully saturated rings. The molecule has 2 aromatic heterocycles. The van der Waals surface area contributed by atoms with Gasteiger partial charge in [-0.3, -0.25) is 4.79 Å². The second-order valence-electron chi connectivity index (χ2n) is 3.49. The van der Waals surface area contributed by atoms with E-state index in [1.807, 2.05) is 0 Å². The predicted octanol–water partition coefficient (Wildman–Crippen LogP) is 1.54. The summed E-state index contributed by atoms with van der Waals surface area (Å²) in [5, 5.41) is 2.94. The maximum absolute atomic E-state index is 11.9. The molecule has 0 atom stereocenters. The number of hydrogen-bond donors (Lipinski definition) is 3. The molecule has 0 saturated heterocycles. The summed E-state index contributed by atoms with van der Waals surface area (Å²) < 4.78 is 4.89. The molecule has 0 aromatic carbocycles. The largest absolute Gasteiger partial charge is 0.472 e. The van der Waals surface area contributed by atoms with E-state index in [9.17, 15) is 4.79 Å². The van der Waals surface area contributed by atoms with E-state index >= 15 is 0 Å². The average Bonchev–Trinajstić information content (AvgIpc) is 2.89. The number of carbonyl (C=O) groups excluding carboxylic acids is 1. The zero-order valence-electron chi connectivity index (χ0n) is 9.31. The molecule has 2 heterocycles. The highest BCUT2D eigenvalue weighted by atomic mass is 35.5. The number of hydrogen-bond acceptors (Lipinski definition) is 5. The lowest BCUT2D eigenvalue weighted by atomic mass is 10.3. The number of carbonyl (C=O) groups is 1. The van der Waals surface area contributed by atoms with Crippen molar-refractivity contribution >= 4 is 23.3 Å². The third-order valence-corrected chi connectivity index (χ3v) is 2.55. The summed E-state index contributed by atoms with van der Waals surface area (Å²) in [5.74, 6) is 5.21. The Hall–Kier alpha value is -2.05. The number of aromatic nitrogens is 1. The van der Waals surface area contributed by atoms with Gasteiger partial charge in [-0.1, -0.05) is 11.6 Å². The maximum atomic E-state index is 11.9. The summed E-state index contributed by atoms with van der Waals surface area (Å²) in [6, 6.07) is 4.89. The molecule has 4 N–H and O–H groups in total. The van der Waals surface area contributed by atoms with Gasteiger partial charge in [-0.15, -0.1) is 0 Å². The van der Waals surface area contributed by atoms with Crippen LogP contribution in [-0.2, 0) is 6.54 Å². The smallest absolute Gasteiger partial charge is 0.271 e. The van der Waals surface area contributed by atoms with Gasteiger partial charge < -0.3 is 15.2 Å². The summed E-state index contributed by atoms with van der Waals surface area (Å²) in [6.07, 6.45) is 3.08. The van der Waals surface area contributed by atoms with Gasteiger partial charge in [0.15, 0.2) is 0 Å². The fourth-order valence-corrected chi connectivity index (χ4v) is 1.53. The minimum absolute atomic E-state index is 0.121. The van der Waals surface area contributed by atoms with Crippen LogP contribution in [0.2, 0.25) is 5.02 Å². The fourth-order valence-electron chi connectivity index (χ4n) is 1.34. The lowest BCUT2D eigenvalue weighted by Gasteiger charge is -2.06. The molecule has 0 unspecified atom stereocenters. The molecule has 1 amide bonds. The van der Waals surface area contributed by atoms with Crippen LogP contribution in [0.25, 0.3) is 0 Å². The molecule has 7 heteroatoms. The van der Waals surface area contributed by atoms with Gasteiger partial charge >= 0.3 is 0 Å². The van der Waals surface area contributed by atoms with Crippen LogP contribution in [0.5, 0.6) is 0 Å². The van der Waals surface area contributed by atoms with Crippen molar-refractivity contribution in [2.24, 2.45) is 5.84 Å². The number of anilines is 1. The van der Waals surface area contributed by atoms with E-state index < -0.39 is 0 Å². The van der Waals surface area contributed by atoms with E-state index in [0.717, 1.165) is 5.56 Å². The standard InChI is InChI=1S/C11H11ClN4O2/c12-8-1-2-9(16-13)15-10(8)11(17)14-5-7-3-4-18-6-7/h1-4,6H,5,13H2,(H,14,17)(H,15,16). The molecule has 2 aromatic rings. The monoisotopic (exact) mass is 266 g/mol. The predicted molar refractivity (Wildman–Crippen MR) is 66.9 cm³/mol. The summed E-state index contributed by atoms with van der Waals surface area (Å²) in [7, 11) is 0. The number of nitrogens with one attached hydrogen (secondary N) is 2. The maximum Gasteiger partial charge on any atom is 0.271 e. The molecule has 0 aliphatic rings. The molecule has 0 spiro atoms. The Kier molecular flexibility index (Phi) is 3.81. The number of hydrazine groups is 1. The third kappa shape index (κ3) is 2.79. The summed E-state index contributed by atoms with van der Waals surface area (Å²) >= 11 is 5.90. The van der Waals surface area contributed by atoms with Crippen LogP contribution in [0.1, 0.15) is 16.1 Å². The van der Waals surface area contributed by atoms with Gasteiger partial charge in [0.1, 0.15) is 11.5 Å². The van der Waals surface area contributed by atoms with Crippen LogP contribution in [-0.4, -0.2) is 10.9 Å². The fraction of sp³-hybridized carbons (Fsp3) is 0.0909. The van der Waals surface area contributed by atoms with E-state index in [1.54, 1.807) is 24.5 Å². The molecular formula is C11H11ClN4O2. The molecule has 0 bridgehead atoms. The number of nitrogens with two attached hydrogens (primary N) is 1. The van der Waals surface area contributed by atoms with Crippen molar-refractivity contribution in [2.45, 2.75) is 6.54 Å². The van der Waals surface area contributed by atoms with Crippen molar-refractivity contribution in [1.82, 2.24) is 10.3 Å². The minimum Gasteiger partial charge on any atom is -0.472 e. The van der Waals surface area contributed by atoms with Gasteiger partial charge in [0.05, 0.1) is 17.5 Å². The average molecular weight is 267 g/mol. The third-order valence-electron chi connectivity index (χ3n) is 2.24. The molecule has 18 heavy (non-hydrogen) atoms. The highest BCUT2D eigenvalue weighted by molar-refractivity contribution is 6.33. The van der Waals surface area contributed by atoms with Crippen LogP contribution in [0, 0.1) is 0 Å². The molecule has 0 aliphatic heterocycles. The summed E-state index contributed by atoms with van der Waals surface area (Å²) in [4.78, 5) is 15.9. The Balaban J connectivity index is 2.08. The van der Waals surface area contributed by atoms with Crippen molar-refractivity contribution in [3.05, 3.63) is 47.0 Å². The topological polar surface area (TPSA) is 93.2 Å². The van der Waals surface area contributed by atoms with Crippen LogP contribution < -0.4 is 16.6 Å². The second kappa shape index (κ2) is 5.52. The number of nitrogens with zero attached hydrogens (tertiary/aromatic N) is 1. The first kappa shape index (κ1) is 12.4. The van der Waals surface area contributed by atoms with Crippen LogP contribution in [0.4, 0.5) is 5.82 Å². The van der Waals surface area contributed by atoms with Crippen molar-refractivity contribution in [3.63, 3.8) is 0 Å². The van der Waals surface area contributed by atoms with Gasteiger partial charge in [-0.2, -0.15) is 0 Å². The highest BCUT2D eigenvalue weighted by Crippen LogP contribution is 2.16. The minimum atomic E-state index is -0.377. The first-order valence-corrected chi connectivity index (χ1v) is 5.51. The first-order valence-electron chi connectivity index (χ1n) is 5.13. The first-order chi connectivity index (χ1) is 8.70. The Labute approximate surface area is 108 Å². The van der Waals surface area contributed by atoms with Crippen molar-refractivity contribution in [1.29, 1.82) is 0 Å². The van der Waals surface area contributed by atoms with Gasteiger partial charge in [0.25, 0.3) is 5.91 Å². The molecule has 0 saturated carbocycles. The Morgan fingerprint density at radius 1 is 1.44 bits per heavy atom. The number of nitrogen functional groups attached to an aromatic ring is 1. The van der Waals surface area contributed by atoms with E-state index in [-0.39, 0.29) is 16.6 Å². The van der Waals surface area contributed by atoms with E-state index in [0.29, 0.717) is 12.4 Å². The lowest BCUT2D eigenvalue weighted by Crippen LogP contribution is -2.24. The Morgan fingerprint density at radius 3 is 2.94 bits per heavy atom. The van der Waals surface area contributed by atoms with Crippen LogP contribution in [0.3, 0.4) is 0 Å². The summed E-state index contributed by atoms with van der Waals surface area (Å²) in [5.41, 5.74) is 3.33. The number of rotatable bonds is 4. The van der Waals surface area contributed by atoms with Crippen molar-refractivity contribution in [3.8, 4) is 0 Å². The van der Waals surface area contributed by atoms with E-state index in [2.05, 4.69) is 15.7 Å². The van der Waals surface area contributed by atoms with Gasteiger partial charge in [-0.25, -0.2) is 10.8 Å². The molecule has 94 valence electrons. The van der Waals surface area contributed by atoms with E-state index in [1.165, 1.54) is 6.26 Å². The molecule has 6 nitrogen and oxygen atoms in total. The zero-order valence-corrected chi connectivity index (χ0v) is 10.1. The lowest BCUT2D eigenvalue weighted by molar-refractivity contribution is 0.0946. The van der Waals surface area contributed by atoms with Gasteiger partial charge in [0.2, 0.25) is 0 Å². The molecule has 2 rings (SSSR count). The second-order valence-corrected chi connectivity index (χ2v) is 3.89. The molecule has 0 radical (unpaired) electrons. The zero-order chi connectivity index (χ0) is 13.0. The van der Waals surface area contributed by atoms with Crippen molar-refractivity contribution in [2.75, 3.05) is 5.43 Å². The molecule has 0 aliphatic carbocycles. The SMILES string of the molecule is NNc1ccc(Cl)c(C(=O)NCc2ccoc2)n1.